The van der Waals surface area contributed by atoms with Crippen molar-refractivity contribution in [2.45, 2.75) is 5.92 Å². The number of halogens is 3. The SMILES string of the molecule is FC(F)(CNc1c(Cl)ccc2nsnc12)c1ccccc1. The first-order valence-corrected chi connectivity index (χ1v) is 7.27. The Bertz CT molecular complexity index is 761. The fraction of sp³-hybridized carbons (Fsp3) is 0.143. The first-order valence-electron chi connectivity index (χ1n) is 6.16. The molecule has 0 aliphatic rings. The monoisotopic (exact) mass is 325 g/mol. The van der Waals surface area contributed by atoms with Crippen LogP contribution in [0.3, 0.4) is 0 Å². The number of nitrogens with zero attached hydrogens (tertiary/aromatic N) is 2. The minimum Gasteiger partial charge on any atom is -0.376 e. The third-order valence-corrected chi connectivity index (χ3v) is 3.92. The quantitative estimate of drug-likeness (QED) is 0.764. The molecule has 21 heavy (non-hydrogen) atoms. The Labute approximate surface area is 128 Å². The zero-order valence-electron chi connectivity index (χ0n) is 10.7. The van der Waals surface area contributed by atoms with E-state index in [2.05, 4.69) is 14.1 Å². The van der Waals surface area contributed by atoms with E-state index in [1.807, 2.05) is 0 Å². The fourth-order valence-corrected chi connectivity index (χ4v) is 2.74. The predicted molar refractivity (Wildman–Crippen MR) is 81.3 cm³/mol. The van der Waals surface area contributed by atoms with Gasteiger partial charge in [-0.05, 0) is 12.1 Å². The van der Waals surface area contributed by atoms with E-state index in [0.29, 0.717) is 21.7 Å². The molecule has 3 aromatic rings. The van der Waals surface area contributed by atoms with Gasteiger partial charge in [-0.15, -0.1) is 0 Å². The average Bonchev–Trinajstić information content (AvgIpc) is 2.96. The van der Waals surface area contributed by atoms with Gasteiger partial charge < -0.3 is 5.32 Å². The van der Waals surface area contributed by atoms with Crippen LogP contribution in [-0.4, -0.2) is 15.3 Å². The highest BCUT2D eigenvalue weighted by Crippen LogP contribution is 2.33. The summed E-state index contributed by atoms with van der Waals surface area (Å²) in [5.74, 6) is -3.00. The molecule has 0 fully saturated rings. The summed E-state index contributed by atoms with van der Waals surface area (Å²) in [7, 11) is 0. The van der Waals surface area contributed by atoms with Gasteiger partial charge in [-0.25, -0.2) is 0 Å². The van der Waals surface area contributed by atoms with Crippen molar-refractivity contribution in [3.63, 3.8) is 0 Å². The van der Waals surface area contributed by atoms with Crippen molar-refractivity contribution < 1.29 is 8.78 Å². The molecule has 1 N–H and O–H groups in total. The normalized spacial score (nSPS) is 11.8. The molecule has 1 aromatic heterocycles. The van der Waals surface area contributed by atoms with E-state index < -0.39 is 12.5 Å². The molecule has 0 saturated carbocycles. The van der Waals surface area contributed by atoms with E-state index >= 15 is 0 Å². The first kappa shape index (κ1) is 14.2. The molecule has 0 unspecified atom stereocenters. The van der Waals surface area contributed by atoms with E-state index in [9.17, 15) is 8.78 Å². The maximum absolute atomic E-state index is 14.2. The third kappa shape index (κ3) is 2.82. The van der Waals surface area contributed by atoms with Gasteiger partial charge in [0.25, 0.3) is 5.92 Å². The second-order valence-corrected chi connectivity index (χ2v) is 5.41. The molecule has 3 rings (SSSR count). The highest BCUT2D eigenvalue weighted by molar-refractivity contribution is 7.00. The van der Waals surface area contributed by atoms with Crippen molar-refractivity contribution in [3.05, 3.63) is 53.1 Å². The van der Waals surface area contributed by atoms with Crippen molar-refractivity contribution in [2.75, 3.05) is 11.9 Å². The fourth-order valence-electron chi connectivity index (χ4n) is 1.98. The van der Waals surface area contributed by atoms with E-state index in [1.165, 1.54) is 12.1 Å². The average molecular weight is 326 g/mol. The first-order chi connectivity index (χ1) is 10.1. The van der Waals surface area contributed by atoms with Crippen LogP contribution in [0.4, 0.5) is 14.5 Å². The second kappa shape index (κ2) is 5.54. The summed E-state index contributed by atoms with van der Waals surface area (Å²) in [6.07, 6.45) is 0. The number of hydrogen-bond donors (Lipinski definition) is 1. The molecular formula is C14H10ClF2N3S. The molecule has 0 bridgehead atoms. The molecule has 3 nitrogen and oxygen atoms in total. The lowest BCUT2D eigenvalue weighted by Crippen LogP contribution is -2.24. The van der Waals surface area contributed by atoms with Crippen LogP contribution in [-0.2, 0) is 5.92 Å². The molecular weight excluding hydrogens is 316 g/mol. The zero-order chi connectivity index (χ0) is 14.9. The standard InChI is InChI=1S/C14H10ClF2N3S/c15-10-6-7-11-13(20-21-19-11)12(10)18-8-14(16,17)9-4-2-1-3-5-9/h1-7,18H,8H2. The van der Waals surface area contributed by atoms with Gasteiger partial charge in [0.1, 0.15) is 11.0 Å². The summed E-state index contributed by atoms with van der Waals surface area (Å²) < 4.78 is 36.5. The summed E-state index contributed by atoms with van der Waals surface area (Å²) >= 11 is 7.08. The Kier molecular flexibility index (Phi) is 3.73. The molecule has 0 amide bonds. The van der Waals surface area contributed by atoms with Crippen molar-refractivity contribution >= 4 is 40.0 Å². The number of alkyl halides is 2. The van der Waals surface area contributed by atoms with Crippen molar-refractivity contribution in [3.8, 4) is 0 Å². The largest absolute Gasteiger partial charge is 0.376 e. The van der Waals surface area contributed by atoms with Gasteiger partial charge in [0.05, 0.1) is 29.0 Å². The summed E-state index contributed by atoms with van der Waals surface area (Å²) in [5.41, 5.74) is 1.49. The van der Waals surface area contributed by atoms with Crippen LogP contribution >= 0.6 is 23.3 Å². The number of rotatable bonds is 4. The highest BCUT2D eigenvalue weighted by atomic mass is 35.5. The lowest BCUT2D eigenvalue weighted by atomic mass is 10.1. The van der Waals surface area contributed by atoms with Crippen LogP contribution in [0, 0.1) is 0 Å². The number of nitrogens with one attached hydrogen (secondary N) is 1. The van der Waals surface area contributed by atoms with Crippen LogP contribution < -0.4 is 5.32 Å². The Morgan fingerprint density at radius 1 is 1.10 bits per heavy atom. The van der Waals surface area contributed by atoms with Gasteiger partial charge in [-0.1, -0.05) is 41.9 Å². The summed E-state index contributed by atoms with van der Waals surface area (Å²) in [4.78, 5) is 0. The Morgan fingerprint density at radius 2 is 1.86 bits per heavy atom. The van der Waals surface area contributed by atoms with Crippen LogP contribution in [0.15, 0.2) is 42.5 Å². The molecule has 1 heterocycles. The molecule has 0 aliphatic heterocycles. The van der Waals surface area contributed by atoms with Crippen molar-refractivity contribution in [2.24, 2.45) is 0 Å². The van der Waals surface area contributed by atoms with Crippen molar-refractivity contribution in [1.82, 2.24) is 8.75 Å². The number of aromatic nitrogens is 2. The second-order valence-electron chi connectivity index (χ2n) is 4.48. The Hall–Kier alpha value is -1.79. The summed E-state index contributed by atoms with van der Waals surface area (Å²) in [6.45, 7) is -0.562. The van der Waals surface area contributed by atoms with Crippen LogP contribution in [0.25, 0.3) is 11.0 Å². The van der Waals surface area contributed by atoms with Gasteiger partial charge in [0.2, 0.25) is 0 Å². The molecule has 0 radical (unpaired) electrons. The lowest BCUT2D eigenvalue weighted by Gasteiger charge is -2.18. The molecule has 108 valence electrons. The highest BCUT2D eigenvalue weighted by Gasteiger charge is 2.31. The Balaban J connectivity index is 1.86. The molecule has 7 heteroatoms. The predicted octanol–water partition coefficient (Wildman–Crippen LogP) is 4.55. The van der Waals surface area contributed by atoms with Gasteiger partial charge in [0, 0.05) is 5.56 Å². The lowest BCUT2D eigenvalue weighted by molar-refractivity contribution is 0.0106. The molecule has 0 atom stereocenters. The smallest absolute Gasteiger partial charge is 0.290 e. The minimum atomic E-state index is -3.00. The topological polar surface area (TPSA) is 37.8 Å². The van der Waals surface area contributed by atoms with Crippen LogP contribution in [0.1, 0.15) is 5.56 Å². The number of hydrogen-bond acceptors (Lipinski definition) is 4. The van der Waals surface area contributed by atoms with Gasteiger partial charge in [0.15, 0.2) is 0 Å². The number of benzene rings is 2. The molecule has 0 aliphatic carbocycles. The van der Waals surface area contributed by atoms with Gasteiger partial charge in [-0.3, -0.25) is 0 Å². The van der Waals surface area contributed by atoms with Gasteiger partial charge in [-0.2, -0.15) is 17.5 Å². The molecule has 2 aromatic carbocycles. The van der Waals surface area contributed by atoms with Crippen molar-refractivity contribution in [1.29, 1.82) is 0 Å². The minimum absolute atomic E-state index is 0.0443. The van der Waals surface area contributed by atoms with E-state index in [1.54, 1.807) is 30.3 Å². The summed E-state index contributed by atoms with van der Waals surface area (Å²) in [5, 5.41) is 3.05. The summed E-state index contributed by atoms with van der Waals surface area (Å²) in [6, 6.07) is 11.0. The maximum atomic E-state index is 14.2. The van der Waals surface area contributed by atoms with Gasteiger partial charge >= 0.3 is 0 Å². The number of fused-ring (bicyclic) bond motifs is 1. The Morgan fingerprint density at radius 3 is 2.62 bits per heavy atom. The maximum Gasteiger partial charge on any atom is 0.290 e. The van der Waals surface area contributed by atoms with Crippen LogP contribution in [0.5, 0.6) is 0 Å². The molecule has 0 spiro atoms. The van der Waals surface area contributed by atoms with E-state index in [-0.39, 0.29) is 5.56 Å². The van der Waals surface area contributed by atoms with E-state index in [4.69, 9.17) is 11.6 Å². The third-order valence-electron chi connectivity index (χ3n) is 3.06. The molecule has 0 saturated heterocycles. The zero-order valence-corrected chi connectivity index (χ0v) is 12.3. The number of anilines is 1. The van der Waals surface area contributed by atoms with E-state index in [0.717, 1.165) is 11.7 Å². The van der Waals surface area contributed by atoms with Crippen LogP contribution in [0.2, 0.25) is 5.02 Å².